The Balaban J connectivity index is 2.06. The highest BCUT2D eigenvalue weighted by molar-refractivity contribution is 9.10. The molecule has 1 aliphatic rings. The molecule has 1 atom stereocenters. The number of anilines is 1. The Bertz CT molecular complexity index is 340. The number of likely N-dealkylation sites (N-methyl/N-ethyl adjacent to an activating group) is 1. The zero-order valence-electron chi connectivity index (χ0n) is 9.53. The molecule has 0 bridgehead atoms. The smallest absolute Gasteiger partial charge is 0.0750 e. The molecule has 0 amide bonds. The molecule has 1 aliphatic heterocycles. The zero-order valence-corrected chi connectivity index (χ0v) is 11.1. The Morgan fingerprint density at radius 2 is 2.50 bits per heavy atom. The summed E-state index contributed by atoms with van der Waals surface area (Å²) in [6.07, 6.45) is 6.44. The van der Waals surface area contributed by atoms with E-state index in [9.17, 15) is 0 Å². The minimum absolute atomic E-state index is 0.389. The summed E-state index contributed by atoms with van der Waals surface area (Å²) in [6.45, 7) is 5.04. The lowest BCUT2D eigenvalue weighted by Gasteiger charge is -2.26. The number of nitrogens with zero attached hydrogens (tertiary/aromatic N) is 2. The predicted molar refractivity (Wildman–Crippen MR) is 68.8 cm³/mol. The Morgan fingerprint density at radius 3 is 3.12 bits per heavy atom. The lowest BCUT2D eigenvalue weighted by atomic mass is 10.2. The van der Waals surface area contributed by atoms with Crippen molar-refractivity contribution >= 4 is 21.6 Å². The van der Waals surface area contributed by atoms with Gasteiger partial charge in [-0.25, -0.2) is 0 Å². The van der Waals surface area contributed by atoms with Gasteiger partial charge in [-0.05, 0) is 41.8 Å². The maximum atomic E-state index is 5.67. The first-order valence-electron chi connectivity index (χ1n) is 5.77. The molecule has 16 heavy (non-hydrogen) atoms. The van der Waals surface area contributed by atoms with E-state index in [1.54, 1.807) is 0 Å². The summed E-state index contributed by atoms with van der Waals surface area (Å²) in [5.74, 6) is 0. The molecule has 1 aromatic heterocycles. The molecule has 1 aromatic rings. The Morgan fingerprint density at radius 1 is 1.62 bits per heavy atom. The van der Waals surface area contributed by atoms with Crippen molar-refractivity contribution in [2.75, 3.05) is 24.6 Å². The van der Waals surface area contributed by atoms with Gasteiger partial charge in [-0.1, -0.05) is 0 Å². The van der Waals surface area contributed by atoms with Gasteiger partial charge in [0.25, 0.3) is 0 Å². The van der Waals surface area contributed by atoms with E-state index in [-0.39, 0.29) is 0 Å². The van der Waals surface area contributed by atoms with Crippen LogP contribution in [0.15, 0.2) is 22.9 Å². The van der Waals surface area contributed by atoms with Crippen molar-refractivity contribution in [2.45, 2.75) is 25.9 Å². The van der Waals surface area contributed by atoms with Gasteiger partial charge in [0, 0.05) is 32.1 Å². The number of hydrogen-bond acceptors (Lipinski definition) is 3. The second-order valence-corrected chi connectivity index (χ2v) is 4.86. The molecule has 2 heterocycles. The van der Waals surface area contributed by atoms with E-state index >= 15 is 0 Å². The molecule has 4 heteroatoms. The van der Waals surface area contributed by atoms with Gasteiger partial charge in [0.2, 0.25) is 0 Å². The average molecular weight is 285 g/mol. The molecule has 0 radical (unpaired) electrons. The van der Waals surface area contributed by atoms with Crippen LogP contribution in [0.5, 0.6) is 0 Å². The fourth-order valence-electron chi connectivity index (χ4n) is 2.06. The van der Waals surface area contributed by atoms with Crippen LogP contribution in [0.4, 0.5) is 5.69 Å². The molecule has 0 saturated carbocycles. The average Bonchev–Trinajstić information content (AvgIpc) is 2.80. The van der Waals surface area contributed by atoms with Crippen LogP contribution in [0.25, 0.3) is 0 Å². The van der Waals surface area contributed by atoms with Crippen LogP contribution in [-0.2, 0) is 4.74 Å². The highest BCUT2D eigenvalue weighted by atomic mass is 79.9. The number of halogens is 1. The normalized spacial score (nSPS) is 20.0. The summed E-state index contributed by atoms with van der Waals surface area (Å²) < 4.78 is 6.72. The molecule has 0 spiro atoms. The molecule has 1 unspecified atom stereocenters. The van der Waals surface area contributed by atoms with Gasteiger partial charge in [-0.3, -0.25) is 4.98 Å². The monoisotopic (exact) mass is 284 g/mol. The van der Waals surface area contributed by atoms with Crippen LogP contribution in [0.1, 0.15) is 19.8 Å². The molecule has 1 saturated heterocycles. The van der Waals surface area contributed by atoms with Crippen molar-refractivity contribution < 1.29 is 4.74 Å². The highest BCUT2D eigenvalue weighted by Crippen LogP contribution is 2.26. The van der Waals surface area contributed by atoms with Crippen molar-refractivity contribution in [3.05, 3.63) is 22.9 Å². The predicted octanol–water partition coefficient (Wildman–Crippen LogP) is 2.85. The van der Waals surface area contributed by atoms with Crippen LogP contribution in [-0.4, -0.2) is 30.8 Å². The molecule has 0 N–H and O–H groups in total. The van der Waals surface area contributed by atoms with E-state index in [0.29, 0.717) is 6.10 Å². The molecular formula is C12H17BrN2O. The van der Waals surface area contributed by atoms with Crippen molar-refractivity contribution in [3.8, 4) is 0 Å². The summed E-state index contributed by atoms with van der Waals surface area (Å²) in [6, 6.07) is 2.04. The summed E-state index contributed by atoms with van der Waals surface area (Å²) in [4.78, 5) is 6.42. The minimum Gasteiger partial charge on any atom is -0.376 e. The third kappa shape index (κ3) is 2.74. The number of ether oxygens (including phenoxy) is 1. The first-order valence-corrected chi connectivity index (χ1v) is 6.56. The zero-order chi connectivity index (χ0) is 11.4. The molecule has 88 valence electrons. The number of aromatic nitrogens is 1. The van der Waals surface area contributed by atoms with E-state index in [0.717, 1.165) is 24.2 Å². The maximum Gasteiger partial charge on any atom is 0.0750 e. The Labute approximate surface area is 105 Å². The summed E-state index contributed by atoms with van der Waals surface area (Å²) in [7, 11) is 0. The van der Waals surface area contributed by atoms with E-state index in [2.05, 4.69) is 32.7 Å². The van der Waals surface area contributed by atoms with Gasteiger partial charge in [-0.15, -0.1) is 0 Å². The fourth-order valence-corrected chi connectivity index (χ4v) is 2.56. The SMILES string of the molecule is CCN(CC1CCCO1)c1ccncc1Br. The van der Waals surface area contributed by atoms with Crippen molar-refractivity contribution in [3.63, 3.8) is 0 Å². The molecule has 3 nitrogen and oxygen atoms in total. The number of pyridine rings is 1. The summed E-state index contributed by atoms with van der Waals surface area (Å²) >= 11 is 3.54. The van der Waals surface area contributed by atoms with E-state index in [4.69, 9.17) is 4.74 Å². The Kier molecular flexibility index (Phi) is 4.18. The lowest BCUT2D eigenvalue weighted by molar-refractivity contribution is 0.115. The minimum atomic E-state index is 0.389. The summed E-state index contributed by atoms with van der Waals surface area (Å²) in [5, 5.41) is 0. The van der Waals surface area contributed by atoms with E-state index in [1.165, 1.54) is 18.5 Å². The van der Waals surface area contributed by atoms with Gasteiger partial charge in [-0.2, -0.15) is 0 Å². The first-order chi connectivity index (χ1) is 7.81. The lowest BCUT2D eigenvalue weighted by Crippen LogP contribution is -2.32. The first kappa shape index (κ1) is 11.9. The van der Waals surface area contributed by atoms with Crippen molar-refractivity contribution in [2.24, 2.45) is 0 Å². The molecular weight excluding hydrogens is 268 g/mol. The van der Waals surface area contributed by atoms with Crippen molar-refractivity contribution in [1.82, 2.24) is 4.98 Å². The standard InChI is InChI=1S/C12H17BrN2O/c1-2-15(9-10-4-3-7-16-10)12-5-6-14-8-11(12)13/h5-6,8,10H,2-4,7,9H2,1H3. The quantitative estimate of drug-likeness (QED) is 0.850. The van der Waals surface area contributed by atoms with Crippen LogP contribution in [0, 0.1) is 0 Å². The van der Waals surface area contributed by atoms with Crippen LogP contribution < -0.4 is 4.90 Å². The van der Waals surface area contributed by atoms with Gasteiger partial charge < -0.3 is 9.64 Å². The molecule has 0 aromatic carbocycles. The van der Waals surface area contributed by atoms with E-state index in [1.807, 2.05) is 18.5 Å². The second kappa shape index (κ2) is 5.64. The third-order valence-electron chi connectivity index (χ3n) is 2.92. The van der Waals surface area contributed by atoms with Gasteiger partial charge in [0.05, 0.1) is 16.3 Å². The fraction of sp³-hybridized carbons (Fsp3) is 0.583. The van der Waals surface area contributed by atoms with Crippen LogP contribution >= 0.6 is 15.9 Å². The maximum absolute atomic E-state index is 5.67. The Hall–Kier alpha value is -0.610. The van der Waals surface area contributed by atoms with Gasteiger partial charge >= 0.3 is 0 Å². The molecule has 0 aliphatic carbocycles. The molecule has 1 fully saturated rings. The third-order valence-corrected chi connectivity index (χ3v) is 3.53. The molecule has 2 rings (SSSR count). The van der Waals surface area contributed by atoms with Gasteiger partial charge in [0.15, 0.2) is 0 Å². The van der Waals surface area contributed by atoms with E-state index < -0.39 is 0 Å². The second-order valence-electron chi connectivity index (χ2n) is 4.00. The number of hydrogen-bond donors (Lipinski definition) is 0. The largest absolute Gasteiger partial charge is 0.376 e. The highest BCUT2D eigenvalue weighted by Gasteiger charge is 2.19. The summed E-state index contributed by atoms with van der Waals surface area (Å²) in [5.41, 5.74) is 1.20. The topological polar surface area (TPSA) is 25.4 Å². The van der Waals surface area contributed by atoms with Crippen LogP contribution in [0.2, 0.25) is 0 Å². The van der Waals surface area contributed by atoms with Crippen LogP contribution in [0.3, 0.4) is 0 Å². The van der Waals surface area contributed by atoms with Crippen molar-refractivity contribution in [1.29, 1.82) is 0 Å². The number of rotatable bonds is 4. The van der Waals surface area contributed by atoms with Gasteiger partial charge in [0.1, 0.15) is 0 Å².